The Balaban J connectivity index is 1.37. The highest BCUT2D eigenvalue weighted by Gasteiger charge is 2.26. The van der Waals surface area contributed by atoms with Gasteiger partial charge in [0.2, 0.25) is 0 Å². The van der Waals surface area contributed by atoms with E-state index < -0.39 is 5.97 Å². The molecule has 1 fully saturated rings. The number of nitrogens with zero attached hydrogens (tertiary/aromatic N) is 2. The molecule has 0 spiro atoms. The number of ether oxygens (including phenoxy) is 1. The van der Waals surface area contributed by atoms with Gasteiger partial charge in [-0.05, 0) is 37.1 Å². The highest BCUT2D eigenvalue weighted by Crippen LogP contribution is 2.29. The van der Waals surface area contributed by atoms with Gasteiger partial charge >= 0.3 is 12.0 Å². The molecular weight excluding hydrogens is 404 g/mol. The van der Waals surface area contributed by atoms with E-state index >= 15 is 0 Å². The molecule has 1 aromatic carbocycles. The van der Waals surface area contributed by atoms with Crippen LogP contribution in [0.5, 0.6) is 0 Å². The third-order valence-corrected chi connectivity index (χ3v) is 6.48. The minimum absolute atomic E-state index is 0.0982. The van der Waals surface area contributed by atoms with E-state index in [0.717, 1.165) is 36.3 Å². The summed E-state index contributed by atoms with van der Waals surface area (Å²) in [5.41, 5.74) is 1.86. The number of hydrogen-bond donors (Lipinski definition) is 2. The second kappa shape index (κ2) is 8.83. The van der Waals surface area contributed by atoms with Crippen molar-refractivity contribution in [1.29, 1.82) is 0 Å². The summed E-state index contributed by atoms with van der Waals surface area (Å²) in [7, 11) is 1.32. The summed E-state index contributed by atoms with van der Waals surface area (Å²) in [6.45, 7) is 1.01. The van der Waals surface area contributed by atoms with E-state index in [-0.39, 0.29) is 18.0 Å². The van der Waals surface area contributed by atoms with Gasteiger partial charge in [0.15, 0.2) is 5.13 Å². The molecule has 1 aromatic heterocycles. The van der Waals surface area contributed by atoms with Crippen LogP contribution in [0.4, 0.5) is 9.93 Å². The maximum Gasteiger partial charge on any atom is 0.337 e. The Hall–Kier alpha value is -2.94. The smallest absolute Gasteiger partial charge is 0.337 e. The zero-order valence-corrected chi connectivity index (χ0v) is 17.6. The van der Waals surface area contributed by atoms with Crippen LogP contribution in [-0.4, -0.2) is 47.5 Å². The molecule has 2 heterocycles. The summed E-state index contributed by atoms with van der Waals surface area (Å²) < 4.78 is 4.68. The molecule has 9 heteroatoms. The summed E-state index contributed by atoms with van der Waals surface area (Å²) in [4.78, 5) is 43.9. The lowest BCUT2D eigenvalue weighted by atomic mass is 10.1. The molecule has 2 aliphatic rings. The molecule has 1 aliphatic carbocycles. The molecule has 30 heavy (non-hydrogen) atoms. The minimum Gasteiger partial charge on any atom is -0.465 e. The fourth-order valence-corrected chi connectivity index (χ4v) is 4.88. The number of thiazole rings is 1. The number of aromatic nitrogens is 1. The first-order valence-electron chi connectivity index (χ1n) is 10.1. The fourth-order valence-electron chi connectivity index (χ4n) is 3.86. The van der Waals surface area contributed by atoms with Gasteiger partial charge in [-0.15, -0.1) is 0 Å². The van der Waals surface area contributed by atoms with Gasteiger partial charge in [0, 0.05) is 29.4 Å². The van der Waals surface area contributed by atoms with Crippen LogP contribution in [0.1, 0.15) is 57.0 Å². The van der Waals surface area contributed by atoms with Crippen LogP contribution in [0.2, 0.25) is 0 Å². The molecule has 4 rings (SSSR count). The molecule has 8 nitrogen and oxygen atoms in total. The highest BCUT2D eigenvalue weighted by molar-refractivity contribution is 7.15. The number of carbonyl (C=O) groups excluding carboxylic acids is 3. The van der Waals surface area contributed by atoms with Gasteiger partial charge in [-0.2, -0.15) is 0 Å². The second-order valence-corrected chi connectivity index (χ2v) is 8.60. The van der Waals surface area contributed by atoms with Crippen molar-refractivity contribution in [3.63, 3.8) is 0 Å². The first kappa shape index (κ1) is 20.3. The third kappa shape index (κ3) is 4.46. The topological polar surface area (TPSA) is 101 Å². The molecule has 0 saturated heterocycles. The maximum atomic E-state index is 12.9. The zero-order chi connectivity index (χ0) is 21.1. The third-order valence-electron chi connectivity index (χ3n) is 5.48. The standard InChI is InChI=1S/C21H24N4O4S/c1-29-19(27)14-8-6-13(7-9-14)18(26)25-11-10-16-17(12-25)30-21(23-16)24-20(28)22-15-4-2-3-5-15/h6-9,15H,2-5,10-12H2,1H3,(H2,22,23,24,28). The number of benzene rings is 1. The van der Waals surface area contributed by atoms with E-state index in [1.54, 1.807) is 29.2 Å². The van der Waals surface area contributed by atoms with Gasteiger partial charge in [-0.25, -0.2) is 14.6 Å². The molecule has 0 atom stereocenters. The van der Waals surface area contributed by atoms with E-state index in [9.17, 15) is 14.4 Å². The SMILES string of the molecule is COC(=O)c1ccc(C(=O)N2CCc3nc(NC(=O)NC4CCCC4)sc3C2)cc1. The van der Waals surface area contributed by atoms with Crippen molar-refractivity contribution in [2.45, 2.75) is 44.7 Å². The quantitative estimate of drug-likeness (QED) is 0.729. The van der Waals surface area contributed by atoms with Gasteiger partial charge in [0.05, 0.1) is 24.9 Å². The van der Waals surface area contributed by atoms with Crippen LogP contribution in [0.25, 0.3) is 0 Å². The van der Waals surface area contributed by atoms with Crippen LogP contribution in [0, 0.1) is 0 Å². The van der Waals surface area contributed by atoms with Crippen molar-refractivity contribution in [3.8, 4) is 0 Å². The van der Waals surface area contributed by atoms with Crippen LogP contribution in [0.3, 0.4) is 0 Å². The molecule has 1 saturated carbocycles. The molecular formula is C21H24N4O4S. The largest absolute Gasteiger partial charge is 0.465 e. The molecule has 3 amide bonds. The van der Waals surface area contributed by atoms with E-state index in [1.807, 2.05) is 0 Å². The van der Waals surface area contributed by atoms with E-state index in [1.165, 1.54) is 18.4 Å². The number of urea groups is 1. The Bertz CT molecular complexity index is 950. The van der Waals surface area contributed by atoms with Crippen LogP contribution < -0.4 is 10.6 Å². The number of nitrogens with one attached hydrogen (secondary N) is 2. The lowest BCUT2D eigenvalue weighted by Crippen LogP contribution is -2.36. The number of amides is 3. The normalized spacial score (nSPS) is 16.1. The van der Waals surface area contributed by atoms with Gasteiger partial charge < -0.3 is 15.0 Å². The van der Waals surface area contributed by atoms with Crippen LogP contribution in [0.15, 0.2) is 24.3 Å². The first-order valence-corrected chi connectivity index (χ1v) is 10.9. The Labute approximate surface area is 178 Å². The van der Waals surface area contributed by atoms with Crippen molar-refractivity contribution >= 4 is 34.4 Å². The Morgan fingerprint density at radius 3 is 2.53 bits per heavy atom. The van der Waals surface area contributed by atoms with Gasteiger partial charge in [0.1, 0.15) is 0 Å². The fraction of sp³-hybridized carbons (Fsp3) is 0.429. The lowest BCUT2D eigenvalue weighted by Gasteiger charge is -2.26. The first-order chi connectivity index (χ1) is 14.5. The monoisotopic (exact) mass is 428 g/mol. The molecule has 0 bridgehead atoms. The predicted octanol–water partition coefficient (Wildman–Crippen LogP) is 3.19. The zero-order valence-electron chi connectivity index (χ0n) is 16.8. The Morgan fingerprint density at radius 2 is 1.83 bits per heavy atom. The van der Waals surface area contributed by atoms with E-state index in [2.05, 4.69) is 20.4 Å². The Morgan fingerprint density at radius 1 is 1.13 bits per heavy atom. The molecule has 2 aromatic rings. The molecule has 0 unspecified atom stereocenters. The van der Waals surface area contributed by atoms with Crippen molar-refractivity contribution in [3.05, 3.63) is 46.0 Å². The number of carbonyl (C=O) groups is 3. The molecule has 1 aliphatic heterocycles. The lowest BCUT2D eigenvalue weighted by molar-refractivity contribution is 0.0599. The predicted molar refractivity (Wildman–Crippen MR) is 113 cm³/mol. The highest BCUT2D eigenvalue weighted by atomic mass is 32.1. The van der Waals surface area contributed by atoms with Crippen LogP contribution in [-0.2, 0) is 17.7 Å². The van der Waals surface area contributed by atoms with Gasteiger partial charge in [-0.1, -0.05) is 24.2 Å². The summed E-state index contributed by atoms with van der Waals surface area (Å²) in [6, 6.07) is 6.48. The van der Waals surface area contributed by atoms with Crippen molar-refractivity contribution < 1.29 is 19.1 Å². The van der Waals surface area contributed by atoms with Gasteiger partial charge in [0.25, 0.3) is 5.91 Å². The summed E-state index contributed by atoms with van der Waals surface area (Å²) >= 11 is 1.41. The number of methoxy groups -OCH3 is 1. The molecule has 158 valence electrons. The van der Waals surface area contributed by atoms with Crippen molar-refractivity contribution in [2.24, 2.45) is 0 Å². The maximum absolute atomic E-state index is 12.9. The molecule has 0 radical (unpaired) electrons. The minimum atomic E-state index is -0.432. The number of anilines is 1. The summed E-state index contributed by atoms with van der Waals surface area (Å²) in [5, 5.41) is 6.39. The Kier molecular flexibility index (Phi) is 5.98. The average Bonchev–Trinajstić information content (AvgIpc) is 3.41. The number of fused-ring (bicyclic) bond motifs is 1. The van der Waals surface area contributed by atoms with E-state index in [4.69, 9.17) is 0 Å². The van der Waals surface area contributed by atoms with Crippen LogP contribution >= 0.6 is 11.3 Å². The number of rotatable bonds is 4. The average molecular weight is 429 g/mol. The molecule has 2 N–H and O–H groups in total. The second-order valence-electron chi connectivity index (χ2n) is 7.51. The van der Waals surface area contributed by atoms with E-state index in [0.29, 0.717) is 35.8 Å². The van der Waals surface area contributed by atoms with Crippen molar-refractivity contribution in [1.82, 2.24) is 15.2 Å². The van der Waals surface area contributed by atoms with Gasteiger partial charge in [-0.3, -0.25) is 10.1 Å². The number of hydrogen-bond acceptors (Lipinski definition) is 6. The summed E-state index contributed by atoms with van der Waals surface area (Å²) in [6.07, 6.45) is 5.01. The summed E-state index contributed by atoms with van der Waals surface area (Å²) in [5.74, 6) is -0.530. The van der Waals surface area contributed by atoms with Crippen molar-refractivity contribution in [2.75, 3.05) is 19.0 Å². The number of esters is 1.